The van der Waals surface area contributed by atoms with E-state index in [4.69, 9.17) is 4.52 Å². The summed E-state index contributed by atoms with van der Waals surface area (Å²) in [4.78, 5) is 12.5. The van der Waals surface area contributed by atoms with E-state index in [0.717, 1.165) is 12.8 Å². The predicted octanol–water partition coefficient (Wildman–Crippen LogP) is 2.91. The number of anilines is 1. The molecule has 2 heterocycles. The van der Waals surface area contributed by atoms with Crippen LogP contribution in [0.1, 0.15) is 12.8 Å². The zero-order valence-corrected chi connectivity index (χ0v) is 11.5. The molecule has 2 aromatic heterocycles. The van der Waals surface area contributed by atoms with Gasteiger partial charge >= 0.3 is 0 Å². The number of hydrogen-bond donors (Lipinski definition) is 1. The molecule has 0 spiro atoms. The second-order valence-corrected chi connectivity index (χ2v) is 5.11. The summed E-state index contributed by atoms with van der Waals surface area (Å²) in [6.07, 6.45) is 5.31. The van der Waals surface area contributed by atoms with Gasteiger partial charge < -0.3 is 9.84 Å². The van der Waals surface area contributed by atoms with Crippen molar-refractivity contribution in [3.8, 4) is 22.8 Å². The van der Waals surface area contributed by atoms with E-state index in [1.165, 1.54) is 12.4 Å². The van der Waals surface area contributed by atoms with Gasteiger partial charge in [0.1, 0.15) is 23.5 Å². The number of rotatable bonds is 4. The average Bonchev–Trinajstić information content (AvgIpc) is 3.22. The Morgan fingerprint density at radius 3 is 2.86 bits per heavy atom. The first-order chi connectivity index (χ1) is 10.8. The maximum absolute atomic E-state index is 13.8. The molecule has 0 aliphatic heterocycles. The van der Waals surface area contributed by atoms with Crippen LogP contribution in [-0.4, -0.2) is 26.2 Å². The van der Waals surface area contributed by atoms with Gasteiger partial charge in [-0.1, -0.05) is 17.3 Å². The maximum Gasteiger partial charge on any atom is 0.263 e. The summed E-state index contributed by atoms with van der Waals surface area (Å²) >= 11 is 0. The molecule has 0 bridgehead atoms. The molecule has 3 aromatic rings. The van der Waals surface area contributed by atoms with Gasteiger partial charge in [0.2, 0.25) is 5.82 Å². The summed E-state index contributed by atoms with van der Waals surface area (Å²) in [7, 11) is 0. The minimum absolute atomic E-state index is 0.203. The molecule has 22 heavy (non-hydrogen) atoms. The molecule has 0 amide bonds. The van der Waals surface area contributed by atoms with Crippen molar-refractivity contribution in [3.05, 3.63) is 42.6 Å². The van der Waals surface area contributed by atoms with Gasteiger partial charge in [0.15, 0.2) is 0 Å². The Morgan fingerprint density at radius 2 is 2.05 bits per heavy atom. The number of halogens is 1. The summed E-state index contributed by atoms with van der Waals surface area (Å²) < 4.78 is 19.0. The fourth-order valence-corrected chi connectivity index (χ4v) is 2.11. The lowest BCUT2D eigenvalue weighted by Crippen LogP contribution is -2.05. The van der Waals surface area contributed by atoms with E-state index in [2.05, 4.69) is 25.4 Å². The Labute approximate surface area is 125 Å². The summed E-state index contributed by atoms with van der Waals surface area (Å²) in [6.45, 7) is 0. The largest absolute Gasteiger partial charge is 0.367 e. The lowest BCUT2D eigenvalue weighted by Gasteiger charge is -2.05. The predicted molar refractivity (Wildman–Crippen MR) is 77.4 cm³/mol. The molecule has 1 fully saturated rings. The van der Waals surface area contributed by atoms with E-state index in [1.54, 1.807) is 24.4 Å². The van der Waals surface area contributed by atoms with Gasteiger partial charge in [-0.05, 0) is 25.0 Å². The fourth-order valence-electron chi connectivity index (χ4n) is 2.11. The molecule has 1 aliphatic carbocycles. The minimum atomic E-state index is -0.393. The van der Waals surface area contributed by atoms with Gasteiger partial charge in [-0.3, -0.25) is 0 Å². The fraction of sp³-hybridized carbons (Fsp3) is 0.200. The molecular formula is C15H12FN5O. The third-order valence-electron chi connectivity index (χ3n) is 3.40. The molecule has 0 unspecified atom stereocenters. The smallest absolute Gasteiger partial charge is 0.263 e. The molecule has 7 heteroatoms. The highest BCUT2D eigenvalue weighted by Crippen LogP contribution is 2.30. The Hall–Kier alpha value is -2.83. The number of aromatic nitrogens is 4. The van der Waals surface area contributed by atoms with Crippen molar-refractivity contribution < 1.29 is 8.91 Å². The first kappa shape index (κ1) is 12.9. The van der Waals surface area contributed by atoms with Crippen LogP contribution in [0.4, 0.5) is 10.2 Å². The van der Waals surface area contributed by atoms with E-state index in [9.17, 15) is 4.39 Å². The molecule has 6 nitrogen and oxygen atoms in total. The number of hydrogen-bond acceptors (Lipinski definition) is 6. The van der Waals surface area contributed by atoms with Gasteiger partial charge in [0.05, 0.1) is 5.56 Å². The normalized spacial score (nSPS) is 14.0. The highest BCUT2D eigenvalue weighted by molar-refractivity contribution is 5.69. The highest BCUT2D eigenvalue weighted by Gasteiger charge is 2.24. The van der Waals surface area contributed by atoms with E-state index in [0.29, 0.717) is 23.0 Å². The molecule has 1 N–H and O–H groups in total. The molecule has 1 aliphatic rings. The van der Waals surface area contributed by atoms with E-state index >= 15 is 0 Å². The molecular weight excluding hydrogens is 285 g/mol. The van der Waals surface area contributed by atoms with Gasteiger partial charge in [-0.2, -0.15) is 4.98 Å². The van der Waals surface area contributed by atoms with Crippen LogP contribution < -0.4 is 5.32 Å². The van der Waals surface area contributed by atoms with Gasteiger partial charge in [0, 0.05) is 12.2 Å². The van der Waals surface area contributed by atoms with Crippen LogP contribution in [0.5, 0.6) is 0 Å². The maximum atomic E-state index is 13.8. The van der Waals surface area contributed by atoms with Crippen LogP contribution in [0.25, 0.3) is 22.8 Å². The van der Waals surface area contributed by atoms with Crippen LogP contribution in [0.2, 0.25) is 0 Å². The number of benzene rings is 1. The molecule has 110 valence electrons. The third kappa shape index (κ3) is 2.41. The first-order valence-corrected chi connectivity index (χ1v) is 6.97. The van der Waals surface area contributed by atoms with Crippen LogP contribution in [0.3, 0.4) is 0 Å². The van der Waals surface area contributed by atoms with Crippen LogP contribution in [0.15, 0.2) is 41.3 Å². The zero-order valence-electron chi connectivity index (χ0n) is 11.5. The van der Waals surface area contributed by atoms with Crippen LogP contribution in [0, 0.1) is 5.82 Å². The third-order valence-corrected chi connectivity index (χ3v) is 3.40. The van der Waals surface area contributed by atoms with Crippen molar-refractivity contribution in [2.24, 2.45) is 0 Å². The topological polar surface area (TPSA) is 76.7 Å². The minimum Gasteiger partial charge on any atom is -0.367 e. The molecule has 1 saturated carbocycles. The van der Waals surface area contributed by atoms with Crippen molar-refractivity contribution in [3.63, 3.8) is 0 Å². The van der Waals surface area contributed by atoms with Gasteiger partial charge in [-0.25, -0.2) is 14.4 Å². The SMILES string of the molecule is Fc1ccccc1-c1noc(-c2cncnc2NC2CC2)n1. The van der Waals surface area contributed by atoms with Crippen LogP contribution in [-0.2, 0) is 0 Å². The lowest BCUT2D eigenvalue weighted by molar-refractivity contribution is 0.431. The second-order valence-electron chi connectivity index (χ2n) is 5.11. The second kappa shape index (κ2) is 5.18. The van der Waals surface area contributed by atoms with Gasteiger partial charge in [-0.15, -0.1) is 0 Å². The number of nitrogens with zero attached hydrogens (tertiary/aromatic N) is 4. The summed E-state index contributed by atoms with van der Waals surface area (Å²) in [5.74, 6) is 0.730. The van der Waals surface area contributed by atoms with Crippen molar-refractivity contribution in [1.82, 2.24) is 20.1 Å². The monoisotopic (exact) mass is 297 g/mol. The van der Waals surface area contributed by atoms with Crippen molar-refractivity contribution in [1.29, 1.82) is 0 Å². The standard InChI is InChI=1S/C15H12FN5O/c16-12-4-2-1-3-10(12)14-20-15(22-21-14)11-7-17-8-18-13(11)19-9-5-6-9/h1-4,7-9H,5-6H2,(H,17,18,19). The Kier molecular flexibility index (Phi) is 3.03. The highest BCUT2D eigenvalue weighted by atomic mass is 19.1. The van der Waals surface area contributed by atoms with E-state index < -0.39 is 5.82 Å². The van der Waals surface area contributed by atoms with Crippen molar-refractivity contribution in [2.75, 3.05) is 5.32 Å². The number of nitrogens with one attached hydrogen (secondary N) is 1. The Bertz CT molecular complexity index is 815. The molecule has 0 atom stereocenters. The van der Waals surface area contributed by atoms with E-state index in [-0.39, 0.29) is 11.7 Å². The van der Waals surface area contributed by atoms with Crippen LogP contribution >= 0.6 is 0 Å². The molecule has 4 rings (SSSR count). The first-order valence-electron chi connectivity index (χ1n) is 6.97. The summed E-state index contributed by atoms with van der Waals surface area (Å²) in [6, 6.07) is 6.73. The molecule has 1 aromatic carbocycles. The average molecular weight is 297 g/mol. The Balaban J connectivity index is 1.71. The van der Waals surface area contributed by atoms with Crippen molar-refractivity contribution >= 4 is 5.82 Å². The molecule has 0 saturated heterocycles. The summed E-state index contributed by atoms with van der Waals surface area (Å²) in [5.41, 5.74) is 0.913. The van der Waals surface area contributed by atoms with E-state index in [1.807, 2.05) is 0 Å². The zero-order chi connectivity index (χ0) is 14.9. The van der Waals surface area contributed by atoms with Crippen molar-refractivity contribution in [2.45, 2.75) is 18.9 Å². The van der Waals surface area contributed by atoms with Gasteiger partial charge in [0.25, 0.3) is 5.89 Å². The molecule has 0 radical (unpaired) electrons. The quantitative estimate of drug-likeness (QED) is 0.798. The Morgan fingerprint density at radius 1 is 1.18 bits per heavy atom. The summed E-state index contributed by atoms with van der Waals surface area (Å²) in [5, 5.41) is 7.14. The lowest BCUT2D eigenvalue weighted by atomic mass is 10.2.